The van der Waals surface area contributed by atoms with Crippen molar-refractivity contribution in [1.82, 2.24) is 0 Å². The zero-order chi connectivity index (χ0) is 16.2. The van der Waals surface area contributed by atoms with Gasteiger partial charge < -0.3 is 15.9 Å². The Kier molecular flexibility index (Phi) is 4.87. The van der Waals surface area contributed by atoms with Gasteiger partial charge in [0.2, 0.25) is 0 Å². The number of rotatable bonds is 4. The van der Waals surface area contributed by atoms with Gasteiger partial charge in [0.15, 0.2) is 0 Å². The van der Waals surface area contributed by atoms with E-state index < -0.39 is 0 Å². The fourth-order valence-electron chi connectivity index (χ4n) is 3.68. The third kappa shape index (κ3) is 3.67. The Morgan fingerprint density at radius 3 is 2.43 bits per heavy atom. The van der Waals surface area contributed by atoms with Crippen LogP contribution in [0.2, 0.25) is 0 Å². The molecule has 1 fully saturated rings. The van der Waals surface area contributed by atoms with Crippen LogP contribution in [-0.2, 0) is 13.0 Å². The second kappa shape index (κ2) is 7.05. The lowest BCUT2D eigenvalue weighted by Gasteiger charge is -2.24. The van der Waals surface area contributed by atoms with Crippen LogP contribution in [0.25, 0.3) is 0 Å². The van der Waals surface area contributed by atoms with Crippen LogP contribution in [0.4, 0.5) is 0 Å². The lowest BCUT2D eigenvalue weighted by Crippen LogP contribution is -2.08. The lowest BCUT2D eigenvalue weighted by molar-refractivity contribution is 0.413. The van der Waals surface area contributed by atoms with Crippen molar-refractivity contribution in [2.24, 2.45) is 5.73 Å². The summed E-state index contributed by atoms with van der Waals surface area (Å²) in [6.45, 7) is 0.409. The van der Waals surface area contributed by atoms with Gasteiger partial charge >= 0.3 is 0 Å². The highest BCUT2D eigenvalue weighted by Gasteiger charge is 2.20. The maximum absolute atomic E-state index is 10.4. The molecule has 3 rings (SSSR count). The standard InChI is InChI=1S/C20H25NO2/c21-13-17-12-20(23)19(15-6-2-1-3-7-15)11-16(17)9-14-5-4-8-18(22)10-14/h4-5,8,10-12,15,22-23H,1-3,6-7,9,13,21H2. The molecule has 0 unspecified atom stereocenters. The molecule has 0 atom stereocenters. The molecule has 0 aromatic heterocycles. The summed E-state index contributed by atoms with van der Waals surface area (Å²) in [5.74, 6) is 1.12. The van der Waals surface area contributed by atoms with Gasteiger partial charge in [-0.2, -0.15) is 0 Å². The summed E-state index contributed by atoms with van der Waals surface area (Å²) in [5.41, 5.74) is 10.1. The zero-order valence-electron chi connectivity index (χ0n) is 13.5. The van der Waals surface area contributed by atoms with E-state index >= 15 is 0 Å². The molecule has 2 aromatic rings. The number of phenols is 2. The Balaban J connectivity index is 1.94. The second-order valence-electron chi connectivity index (χ2n) is 6.57. The minimum absolute atomic E-state index is 0.281. The average molecular weight is 311 g/mol. The number of phenolic OH excluding ortho intramolecular Hbond substituents is 2. The zero-order valence-corrected chi connectivity index (χ0v) is 13.5. The van der Waals surface area contributed by atoms with Crippen molar-refractivity contribution in [1.29, 1.82) is 0 Å². The van der Waals surface area contributed by atoms with E-state index in [0.29, 0.717) is 18.2 Å². The minimum Gasteiger partial charge on any atom is -0.508 e. The maximum atomic E-state index is 10.4. The van der Waals surface area contributed by atoms with Crippen molar-refractivity contribution < 1.29 is 10.2 Å². The first-order valence-corrected chi connectivity index (χ1v) is 8.50. The fraction of sp³-hybridized carbons (Fsp3) is 0.400. The Morgan fingerprint density at radius 2 is 1.74 bits per heavy atom. The molecule has 0 amide bonds. The van der Waals surface area contributed by atoms with E-state index in [4.69, 9.17) is 5.73 Å². The molecule has 2 aromatic carbocycles. The van der Waals surface area contributed by atoms with Crippen molar-refractivity contribution in [3.63, 3.8) is 0 Å². The molecular weight excluding hydrogens is 286 g/mol. The molecule has 3 nitrogen and oxygen atoms in total. The van der Waals surface area contributed by atoms with Crippen LogP contribution in [-0.4, -0.2) is 10.2 Å². The Hall–Kier alpha value is -2.00. The highest BCUT2D eigenvalue weighted by Crippen LogP contribution is 2.38. The Morgan fingerprint density at radius 1 is 0.957 bits per heavy atom. The quantitative estimate of drug-likeness (QED) is 0.793. The van der Waals surface area contributed by atoms with Crippen molar-refractivity contribution in [3.8, 4) is 11.5 Å². The summed E-state index contributed by atoms with van der Waals surface area (Å²) in [6, 6.07) is 11.3. The van der Waals surface area contributed by atoms with Gasteiger partial charge in [0.25, 0.3) is 0 Å². The van der Waals surface area contributed by atoms with E-state index in [9.17, 15) is 10.2 Å². The van der Waals surface area contributed by atoms with Crippen LogP contribution in [0, 0.1) is 0 Å². The number of benzene rings is 2. The van der Waals surface area contributed by atoms with E-state index in [0.717, 1.165) is 41.5 Å². The molecule has 4 N–H and O–H groups in total. The second-order valence-corrected chi connectivity index (χ2v) is 6.57. The third-order valence-corrected chi connectivity index (χ3v) is 4.92. The smallest absolute Gasteiger partial charge is 0.119 e. The largest absolute Gasteiger partial charge is 0.508 e. The molecule has 1 saturated carbocycles. The lowest BCUT2D eigenvalue weighted by atomic mass is 9.82. The van der Waals surface area contributed by atoms with Gasteiger partial charge in [0.1, 0.15) is 11.5 Å². The Labute approximate surface area is 137 Å². The molecule has 0 bridgehead atoms. The predicted octanol–water partition coefficient (Wildman–Crippen LogP) is 4.20. The summed E-state index contributed by atoms with van der Waals surface area (Å²) < 4.78 is 0. The van der Waals surface area contributed by atoms with Gasteiger partial charge in [-0.15, -0.1) is 0 Å². The van der Waals surface area contributed by atoms with E-state index in [2.05, 4.69) is 6.07 Å². The highest BCUT2D eigenvalue weighted by molar-refractivity contribution is 5.46. The number of hydrogen-bond donors (Lipinski definition) is 3. The van der Waals surface area contributed by atoms with Crippen LogP contribution in [0.5, 0.6) is 11.5 Å². The molecule has 0 saturated heterocycles. The molecular formula is C20H25NO2. The van der Waals surface area contributed by atoms with E-state index in [1.807, 2.05) is 18.2 Å². The van der Waals surface area contributed by atoms with Crippen molar-refractivity contribution in [2.75, 3.05) is 0 Å². The van der Waals surface area contributed by atoms with Gasteiger partial charge in [-0.05, 0) is 65.6 Å². The maximum Gasteiger partial charge on any atom is 0.119 e. The minimum atomic E-state index is 0.281. The monoisotopic (exact) mass is 311 g/mol. The molecule has 23 heavy (non-hydrogen) atoms. The summed E-state index contributed by atoms with van der Waals surface area (Å²) in [4.78, 5) is 0. The molecule has 0 radical (unpaired) electrons. The molecule has 0 heterocycles. The Bertz CT molecular complexity index is 675. The average Bonchev–Trinajstić information content (AvgIpc) is 2.57. The number of hydrogen-bond acceptors (Lipinski definition) is 3. The van der Waals surface area contributed by atoms with Crippen molar-refractivity contribution >= 4 is 0 Å². The van der Waals surface area contributed by atoms with Crippen LogP contribution in [0.15, 0.2) is 36.4 Å². The van der Waals surface area contributed by atoms with Crippen LogP contribution >= 0.6 is 0 Å². The molecule has 0 aliphatic heterocycles. The van der Waals surface area contributed by atoms with Gasteiger partial charge in [-0.1, -0.05) is 37.5 Å². The number of nitrogens with two attached hydrogens (primary N) is 1. The SMILES string of the molecule is NCc1cc(O)c(C2CCCCC2)cc1Cc1cccc(O)c1. The highest BCUT2D eigenvalue weighted by atomic mass is 16.3. The van der Waals surface area contributed by atoms with E-state index in [-0.39, 0.29) is 5.75 Å². The normalized spacial score (nSPS) is 15.7. The van der Waals surface area contributed by atoms with E-state index in [1.54, 1.807) is 12.1 Å². The van der Waals surface area contributed by atoms with Crippen LogP contribution in [0.1, 0.15) is 60.3 Å². The third-order valence-electron chi connectivity index (χ3n) is 4.92. The summed E-state index contributed by atoms with van der Waals surface area (Å²) in [7, 11) is 0. The van der Waals surface area contributed by atoms with Crippen LogP contribution in [0.3, 0.4) is 0 Å². The summed E-state index contributed by atoms with van der Waals surface area (Å²) in [5, 5.41) is 20.1. The van der Waals surface area contributed by atoms with Gasteiger partial charge in [0, 0.05) is 6.54 Å². The molecule has 1 aliphatic rings. The molecule has 122 valence electrons. The molecule has 0 spiro atoms. The topological polar surface area (TPSA) is 66.5 Å². The van der Waals surface area contributed by atoms with Crippen molar-refractivity contribution in [3.05, 3.63) is 58.7 Å². The number of aromatic hydroxyl groups is 2. The van der Waals surface area contributed by atoms with Crippen LogP contribution < -0.4 is 5.73 Å². The summed E-state index contributed by atoms with van der Waals surface area (Å²) >= 11 is 0. The van der Waals surface area contributed by atoms with E-state index in [1.165, 1.54) is 19.3 Å². The first-order valence-electron chi connectivity index (χ1n) is 8.50. The molecule has 1 aliphatic carbocycles. The fourth-order valence-corrected chi connectivity index (χ4v) is 3.68. The van der Waals surface area contributed by atoms with Crippen molar-refractivity contribution in [2.45, 2.75) is 51.0 Å². The predicted molar refractivity (Wildman–Crippen MR) is 92.7 cm³/mol. The van der Waals surface area contributed by atoms with Gasteiger partial charge in [0.05, 0.1) is 0 Å². The van der Waals surface area contributed by atoms with Gasteiger partial charge in [-0.3, -0.25) is 0 Å². The van der Waals surface area contributed by atoms with Gasteiger partial charge in [-0.25, -0.2) is 0 Å². The first-order chi connectivity index (χ1) is 11.2. The summed E-state index contributed by atoms with van der Waals surface area (Å²) in [6.07, 6.45) is 6.81. The molecule has 3 heteroatoms. The first kappa shape index (κ1) is 15.9.